The van der Waals surface area contributed by atoms with Crippen molar-refractivity contribution in [3.8, 4) is 0 Å². The van der Waals surface area contributed by atoms with E-state index in [-0.39, 0.29) is 18.9 Å². The number of carbonyl (C=O) groups is 2. The van der Waals surface area contributed by atoms with Crippen molar-refractivity contribution in [1.82, 2.24) is 10.2 Å². The molecule has 0 bridgehead atoms. The van der Waals surface area contributed by atoms with Gasteiger partial charge in [0.25, 0.3) is 0 Å². The fraction of sp³-hybridized carbons (Fsp3) is 0.444. The maximum absolute atomic E-state index is 12.3. The Bertz CT molecular complexity index is 648. The predicted molar refractivity (Wildman–Crippen MR) is 99.9 cm³/mol. The molecule has 26 heavy (non-hydrogen) atoms. The van der Waals surface area contributed by atoms with Gasteiger partial charge in [0.05, 0.1) is 6.54 Å². The maximum atomic E-state index is 12.3. The van der Waals surface area contributed by atoms with Crippen LogP contribution in [0.15, 0.2) is 30.4 Å². The van der Waals surface area contributed by atoms with Crippen LogP contribution in [0.1, 0.15) is 30.5 Å². The van der Waals surface area contributed by atoms with Crippen molar-refractivity contribution in [2.75, 3.05) is 13.1 Å². The fourth-order valence-corrected chi connectivity index (χ4v) is 2.55. The first-order chi connectivity index (χ1) is 12.3. The summed E-state index contributed by atoms with van der Waals surface area (Å²) < 4.78 is 5.00. The van der Waals surface area contributed by atoms with E-state index in [1.165, 1.54) is 11.0 Å². The highest BCUT2D eigenvalue weighted by Gasteiger charge is 2.22. The summed E-state index contributed by atoms with van der Waals surface area (Å²) in [6.45, 7) is 7.64. The number of amides is 2. The first-order valence-corrected chi connectivity index (χ1v) is 8.55. The van der Waals surface area contributed by atoms with Gasteiger partial charge in [0.2, 0.25) is 11.8 Å². The van der Waals surface area contributed by atoms with Crippen LogP contribution in [0.2, 0.25) is 0 Å². The summed E-state index contributed by atoms with van der Waals surface area (Å²) in [6, 6.07) is 5.84. The molecule has 0 aromatic heterocycles. The molecule has 142 valence electrons. The number of carbonyl (C=O) groups excluding carboxylic acids is 2. The summed E-state index contributed by atoms with van der Waals surface area (Å²) in [5.74, 6) is -0.709. The number of hydrogen-bond donors (Lipinski definition) is 3. The third-order valence-electron chi connectivity index (χ3n) is 3.85. The Balaban J connectivity index is 2.79. The lowest BCUT2D eigenvalue weighted by Gasteiger charge is -2.23. The van der Waals surface area contributed by atoms with Crippen LogP contribution in [-0.2, 0) is 20.7 Å². The molecule has 2 amide bonds. The Morgan fingerprint density at radius 3 is 2.58 bits per heavy atom. The van der Waals surface area contributed by atoms with Crippen LogP contribution >= 0.6 is 0 Å². The number of nitrogens with zero attached hydrogens (tertiary/aromatic N) is 1. The zero-order valence-electron chi connectivity index (χ0n) is 15.7. The summed E-state index contributed by atoms with van der Waals surface area (Å²) in [4.78, 5) is 25.5. The number of allylic oxidation sites excluding steroid dienone is 1. The first-order valence-electron chi connectivity index (χ1n) is 8.55. The quantitative estimate of drug-likeness (QED) is 0.341. The number of rotatable bonds is 9. The van der Waals surface area contributed by atoms with E-state index in [2.05, 4.69) is 5.32 Å². The van der Waals surface area contributed by atoms with Gasteiger partial charge in [-0.1, -0.05) is 29.8 Å². The minimum Gasteiger partial charge on any atom is -0.402 e. The first kappa shape index (κ1) is 21.9. The van der Waals surface area contributed by atoms with Gasteiger partial charge in [-0.05, 0) is 44.9 Å². The average molecular weight is 362 g/mol. The Labute approximate surface area is 154 Å². The second-order valence-electron chi connectivity index (χ2n) is 6.01. The van der Waals surface area contributed by atoms with Gasteiger partial charge < -0.3 is 24.9 Å². The average Bonchev–Trinajstić information content (AvgIpc) is 2.54. The van der Waals surface area contributed by atoms with E-state index in [1.54, 1.807) is 19.9 Å². The molecule has 1 aromatic carbocycles. The van der Waals surface area contributed by atoms with Crippen molar-refractivity contribution >= 4 is 19.1 Å². The van der Waals surface area contributed by atoms with Crippen molar-refractivity contribution in [3.63, 3.8) is 0 Å². The van der Waals surface area contributed by atoms with E-state index < -0.39 is 19.5 Å². The van der Waals surface area contributed by atoms with Gasteiger partial charge >= 0.3 is 7.32 Å². The van der Waals surface area contributed by atoms with Gasteiger partial charge in [-0.15, -0.1) is 0 Å². The molecule has 7 nitrogen and oxygen atoms in total. The summed E-state index contributed by atoms with van der Waals surface area (Å²) in [5.41, 5.74) is 3.04. The smallest absolute Gasteiger partial charge is 0.402 e. The van der Waals surface area contributed by atoms with Crippen LogP contribution in [0.5, 0.6) is 0 Å². The van der Waals surface area contributed by atoms with Gasteiger partial charge in [0.15, 0.2) is 0 Å². The highest BCUT2D eigenvalue weighted by molar-refractivity contribution is 6.32. The SMILES string of the molecule is C/C=C/C(=O)N(CC)CC(=O)N[C@@H](Cc1ccc(C)cc1C)OB(O)O. The van der Waals surface area contributed by atoms with Gasteiger partial charge in [-0.25, -0.2) is 0 Å². The highest BCUT2D eigenvalue weighted by atomic mass is 16.6. The summed E-state index contributed by atoms with van der Waals surface area (Å²) in [7, 11) is -2.02. The van der Waals surface area contributed by atoms with Crippen molar-refractivity contribution in [2.45, 2.75) is 40.3 Å². The molecule has 0 spiro atoms. The van der Waals surface area contributed by atoms with Crippen molar-refractivity contribution in [2.24, 2.45) is 0 Å². The largest absolute Gasteiger partial charge is 0.635 e. The van der Waals surface area contributed by atoms with E-state index in [1.807, 2.05) is 32.0 Å². The number of nitrogens with one attached hydrogen (secondary N) is 1. The molecule has 0 aliphatic heterocycles. The number of benzene rings is 1. The molecule has 3 N–H and O–H groups in total. The molecule has 0 radical (unpaired) electrons. The molecule has 0 aliphatic rings. The Hall–Kier alpha value is -2.16. The third kappa shape index (κ3) is 7.39. The monoisotopic (exact) mass is 362 g/mol. The van der Waals surface area contributed by atoms with E-state index in [9.17, 15) is 9.59 Å². The number of aryl methyl sites for hydroxylation is 2. The molecule has 0 unspecified atom stereocenters. The molecular formula is C18H27BN2O5. The van der Waals surface area contributed by atoms with Crippen LogP contribution in [0.4, 0.5) is 0 Å². The molecular weight excluding hydrogens is 335 g/mol. The third-order valence-corrected chi connectivity index (χ3v) is 3.85. The van der Waals surface area contributed by atoms with Crippen LogP contribution in [0.25, 0.3) is 0 Å². The van der Waals surface area contributed by atoms with Gasteiger partial charge in [0.1, 0.15) is 6.23 Å². The lowest BCUT2D eigenvalue weighted by molar-refractivity contribution is -0.133. The molecule has 0 aliphatic carbocycles. The Morgan fingerprint density at radius 2 is 2.04 bits per heavy atom. The van der Waals surface area contributed by atoms with E-state index in [0.29, 0.717) is 6.54 Å². The molecule has 0 saturated carbocycles. The minimum atomic E-state index is -2.02. The molecule has 0 heterocycles. The molecule has 0 saturated heterocycles. The van der Waals surface area contributed by atoms with Crippen molar-refractivity contribution in [3.05, 3.63) is 47.0 Å². The van der Waals surface area contributed by atoms with Crippen molar-refractivity contribution in [1.29, 1.82) is 0 Å². The Morgan fingerprint density at radius 1 is 1.35 bits per heavy atom. The molecule has 1 rings (SSSR count). The second kappa shape index (κ2) is 10.8. The van der Waals surface area contributed by atoms with Crippen LogP contribution in [0, 0.1) is 13.8 Å². The maximum Gasteiger partial charge on any atom is 0.635 e. The van der Waals surface area contributed by atoms with Gasteiger partial charge in [0, 0.05) is 13.0 Å². The van der Waals surface area contributed by atoms with Crippen molar-refractivity contribution < 1.29 is 24.3 Å². The van der Waals surface area contributed by atoms with Gasteiger partial charge in [-0.3, -0.25) is 9.59 Å². The topological polar surface area (TPSA) is 99.1 Å². The highest BCUT2D eigenvalue weighted by Crippen LogP contribution is 2.13. The lowest BCUT2D eigenvalue weighted by atomic mass is 10.0. The molecule has 1 atom stereocenters. The number of likely N-dealkylation sites (N-methyl/N-ethyl adjacent to an activating group) is 1. The lowest BCUT2D eigenvalue weighted by Crippen LogP contribution is -2.47. The molecule has 8 heteroatoms. The summed E-state index contributed by atoms with van der Waals surface area (Å²) >= 11 is 0. The predicted octanol–water partition coefficient (Wildman–Crippen LogP) is 0.699. The van der Waals surface area contributed by atoms with Crippen LogP contribution < -0.4 is 5.32 Å². The van der Waals surface area contributed by atoms with Crippen LogP contribution in [-0.4, -0.2) is 53.4 Å². The zero-order chi connectivity index (χ0) is 19.7. The Kier molecular flexibility index (Phi) is 9.05. The summed E-state index contributed by atoms with van der Waals surface area (Å²) in [6.07, 6.45) is 2.33. The second-order valence-corrected chi connectivity index (χ2v) is 6.01. The normalized spacial score (nSPS) is 12.1. The summed E-state index contributed by atoms with van der Waals surface area (Å²) in [5, 5.41) is 20.8. The van der Waals surface area contributed by atoms with Crippen LogP contribution in [0.3, 0.4) is 0 Å². The fourth-order valence-electron chi connectivity index (χ4n) is 2.55. The standard InChI is InChI=1S/C18H27BN2O5/c1-5-7-18(23)21(6-2)12-16(22)20-17(26-19(24)25)11-15-9-8-13(3)10-14(15)4/h5,7-10,17,24-25H,6,11-12H2,1-4H3,(H,20,22)/b7-5+/t17-/m1/s1. The minimum absolute atomic E-state index is 0.145. The zero-order valence-corrected chi connectivity index (χ0v) is 15.7. The van der Waals surface area contributed by atoms with Gasteiger partial charge in [-0.2, -0.15) is 0 Å². The number of hydrogen-bond acceptors (Lipinski definition) is 5. The molecule has 1 aromatic rings. The van der Waals surface area contributed by atoms with E-state index in [0.717, 1.165) is 16.7 Å². The van der Waals surface area contributed by atoms with E-state index >= 15 is 0 Å². The molecule has 0 fully saturated rings. The van der Waals surface area contributed by atoms with E-state index in [4.69, 9.17) is 14.7 Å².